The van der Waals surface area contributed by atoms with Crippen molar-refractivity contribution in [2.45, 2.75) is 26.3 Å². The van der Waals surface area contributed by atoms with Gasteiger partial charge in [-0.15, -0.1) is 11.3 Å². The summed E-state index contributed by atoms with van der Waals surface area (Å²) in [6, 6.07) is 8.83. The van der Waals surface area contributed by atoms with Gasteiger partial charge in [-0.3, -0.25) is 14.4 Å². The number of hydrogen-bond acceptors (Lipinski definition) is 5. The summed E-state index contributed by atoms with van der Waals surface area (Å²) in [5.74, 6) is -1.03. The second-order valence-corrected chi connectivity index (χ2v) is 7.48. The van der Waals surface area contributed by atoms with E-state index < -0.39 is 11.9 Å². The fourth-order valence-corrected chi connectivity index (χ4v) is 3.54. The first-order chi connectivity index (χ1) is 13.8. The van der Waals surface area contributed by atoms with Crippen molar-refractivity contribution >= 4 is 34.2 Å². The number of nitrogens with two attached hydrogens (primary N) is 1. The zero-order chi connectivity index (χ0) is 21.0. The summed E-state index contributed by atoms with van der Waals surface area (Å²) in [5, 5.41) is 7.77. The number of thiazole rings is 1. The van der Waals surface area contributed by atoms with Crippen LogP contribution in [-0.2, 0) is 9.59 Å². The van der Waals surface area contributed by atoms with Crippen LogP contribution in [0.2, 0.25) is 0 Å². The fourth-order valence-electron chi connectivity index (χ4n) is 2.80. The molecule has 5 N–H and O–H groups in total. The Hall–Kier alpha value is -3.46. The Bertz CT molecular complexity index is 1040. The molecule has 8 nitrogen and oxygen atoms in total. The van der Waals surface area contributed by atoms with Gasteiger partial charge < -0.3 is 21.4 Å². The van der Waals surface area contributed by atoms with Crippen LogP contribution in [0.25, 0.3) is 11.3 Å². The third-order valence-electron chi connectivity index (χ3n) is 4.24. The van der Waals surface area contributed by atoms with Crippen molar-refractivity contribution in [1.82, 2.24) is 15.3 Å². The number of aromatic amines is 1. The van der Waals surface area contributed by atoms with E-state index in [-0.39, 0.29) is 23.9 Å². The maximum Gasteiger partial charge on any atom is 0.265 e. The van der Waals surface area contributed by atoms with Crippen LogP contribution in [-0.4, -0.2) is 27.7 Å². The lowest BCUT2D eigenvalue weighted by atomic mass is 10.0. The highest BCUT2D eigenvalue weighted by Gasteiger charge is 2.18. The topological polar surface area (TPSA) is 130 Å². The number of primary amides is 1. The average molecular weight is 411 g/mol. The van der Waals surface area contributed by atoms with E-state index in [4.69, 9.17) is 5.73 Å². The van der Waals surface area contributed by atoms with Gasteiger partial charge in [-0.05, 0) is 18.6 Å². The Morgan fingerprint density at radius 3 is 2.59 bits per heavy atom. The number of carbonyl (C=O) groups is 3. The van der Waals surface area contributed by atoms with Crippen LogP contribution in [0.3, 0.4) is 0 Å². The summed E-state index contributed by atoms with van der Waals surface area (Å²) in [6.07, 6.45) is 1.71. The minimum Gasteiger partial charge on any atom is -0.364 e. The van der Waals surface area contributed by atoms with Crippen LogP contribution < -0.4 is 16.4 Å². The Morgan fingerprint density at radius 2 is 1.97 bits per heavy atom. The van der Waals surface area contributed by atoms with Crippen molar-refractivity contribution in [2.75, 3.05) is 5.32 Å². The molecule has 9 heteroatoms. The summed E-state index contributed by atoms with van der Waals surface area (Å²) >= 11 is 1.27. The number of benzene rings is 1. The van der Waals surface area contributed by atoms with E-state index >= 15 is 0 Å². The van der Waals surface area contributed by atoms with Gasteiger partial charge in [0, 0.05) is 24.1 Å². The number of rotatable bonds is 7. The van der Waals surface area contributed by atoms with Crippen LogP contribution in [0.15, 0.2) is 41.9 Å². The van der Waals surface area contributed by atoms with Crippen molar-refractivity contribution in [3.8, 4) is 11.3 Å². The van der Waals surface area contributed by atoms with E-state index in [9.17, 15) is 14.4 Å². The molecule has 0 aliphatic heterocycles. The fraction of sp³-hybridized carbons (Fsp3) is 0.200. The molecule has 0 saturated carbocycles. The molecule has 0 saturated heterocycles. The number of hydrogen-bond donors (Lipinski definition) is 4. The Morgan fingerprint density at radius 1 is 1.24 bits per heavy atom. The highest BCUT2D eigenvalue weighted by molar-refractivity contribution is 7.14. The van der Waals surface area contributed by atoms with Crippen molar-refractivity contribution in [1.29, 1.82) is 0 Å². The van der Waals surface area contributed by atoms with Crippen LogP contribution in [0.1, 0.15) is 41.0 Å². The molecule has 0 fully saturated rings. The predicted molar refractivity (Wildman–Crippen MR) is 111 cm³/mol. The molecule has 29 heavy (non-hydrogen) atoms. The Labute approximate surface area is 171 Å². The summed E-state index contributed by atoms with van der Waals surface area (Å²) in [6.45, 7) is 3.39. The number of anilines is 1. The zero-order valence-corrected chi connectivity index (χ0v) is 16.8. The molecule has 3 amide bonds. The van der Waals surface area contributed by atoms with Gasteiger partial charge >= 0.3 is 0 Å². The molecule has 3 rings (SSSR count). The summed E-state index contributed by atoms with van der Waals surface area (Å²) in [5.41, 5.74) is 8.79. The molecular weight excluding hydrogens is 390 g/mol. The highest BCUT2D eigenvalue weighted by Crippen LogP contribution is 2.26. The molecule has 1 atom stereocenters. The van der Waals surface area contributed by atoms with Crippen molar-refractivity contribution in [2.24, 2.45) is 5.73 Å². The van der Waals surface area contributed by atoms with Crippen molar-refractivity contribution < 1.29 is 14.4 Å². The first-order valence-electron chi connectivity index (χ1n) is 8.89. The molecule has 1 unspecified atom stereocenters. The monoisotopic (exact) mass is 411 g/mol. The first kappa shape index (κ1) is 20.3. The SMILES string of the molecule is CC(=O)NC(CC(=O)Nc1nc(-c2c[nH]c(C(N)=O)c2)cs1)c1ccc(C)cc1. The zero-order valence-electron chi connectivity index (χ0n) is 16.0. The summed E-state index contributed by atoms with van der Waals surface area (Å²) < 4.78 is 0. The number of carbonyl (C=O) groups excluding carboxylic acids is 3. The maximum atomic E-state index is 12.5. The van der Waals surface area contributed by atoms with Crippen LogP contribution in [0, 0.1) is 6.92 Å². The standard InChI is InChI=1S/C20H21N5O3S/c1-11-3-5-13(6-4-11)15(23-12(2)26)8-18(27)25-20-24-17(10-29-20)14-7-16(19(21)28)22-9-14/h3-7,9-10,15,22H,8H2,1-2H3,(H2,21,28)(H,23,26)(H,24,25,27). The van der Waals surface area contributed by atoms with Crippen molar-refractivity contribution in [3.05, 3.63) is 58.7 Å². The molecule has 0 bridgehead atoms. The lowest BCUT2D eigenvalue weighted by Crippen LogP contribution is -2.29. The van der Waals surface area contributed by atoms with E-state index in [1.807, 2.05) is 31.2 Å². The number of nitrogens with one attached hydrogen (secondary N) is 3. The van der Waals surface area contributed by atoms with Crippen LogP contribution in [0.5, 0.6) is 0 Å². The molecule has 150 valence electrons. The van der Waals surface area contributed by atoms with E-state index in [1.165, 1.54) is 18.3 Å². The van der Waals surface area contributed by atoms with Gasteiger partial charge in [-0.1, -0.05) is 29.8 Å². The molecule has 2 heterocycles. The second-order valence-electron chi connectivity index (χ2n) is 6.62. The van der Waals surface area contributed by atoms with E-state index in [0.29, 0.717) is 16.4 Å². The number of aromatic nitrogens is 2. The third kappa shape index (κ3) is 5.29. The molecule has 0 aliphatic rings. The van der Waals surface area contributed by atoms with Gasteiger partial charge in [-0.2, -0.15) is 0 Å². The number of nitrogens with zero attached hydrogens (tertiary/aromatic N) is 1. The van der Waals surface area contributed by atoms with Crippen LogP contribution in [0.4, 0.5) is 5.13 Å². The van der Waals surface area contributed by atoms with Gasteiger partial charge in [0.15, 0.2) is 5.13 Å². The summed E-state index contributed by atoms with van der Waals surface area (Å²) in [4.78, 5) is 42.4. The van der Waals surface area contributed by atoms with E-state index in [1.54, 1.807) is 17.6 Å². The Balaban J connectivity index is 1.68. The van der Waals surface area contributed by atoms with Gasteiger partial charge in [0.2, 0.25) is 11.8 Å². The van der Waals surface area contributed by atoms with Gasteiger partial charge in [0.1, 0.15) is 5.69 Å². The normalized spacial score (nSPS) is 11.7. The molecule has 3 aromatic rings. The second kappa shape index (κ2) is 8.70. The minimum atomic E-state index is -0.555. The molecule has 0 radical (unpaired) electrons. The molecule has 0 spiro atoms. The van der Waals surface area contributed by atoms with E-state index in [0.717, 1.165) is 11.1 Å². The van der Waals surface area contributed by atoms with Crippen molar-refractivity contribution in [3.63, 3.8) is 0 Å². The lowest BCUT2D eigenvalue weighted by molar-refractivity contribution is -0.120. The van der Waals surface area contributed by atoms with E-state index in [2.05, 4.69) is 20.6 Å². The number of aryl methyl sites for hydroxylation is 1. The number of H-pyrrole nitrogens is 1. The average Bonchev–Trinajstić information content (AvgIpc) is 3.30. The minimum absolute atomic E-state index is 0.0769. The molecule has 1 aromatic carbocycles. The largest absolute Gasteiger partial charge is 0.364 e. The lowest BCUT2D eigenvalue weighted by Gasteiger charge is -2.18. The maximum absolute atomic E-state index is 12.5. The first-order valence-corrected chi connectivity index (χ1v) is 9.77. The quantitative estimate of drug-likeness (QED) is 0.476. The summed E-state index contributed by atoms with van der Waals surface area (Å²) in [7, 11) is 0. The molecule has 2 aromatic heterocycles. The van der Waals surface area contributed by atoms with Gasteiger partial charge in [0.25, 0.3) is 5.91 Å². The smallest absolute Gasteiger partial charge is 0.265 e. The molecular formula is C20H21N5O3S. The Kier molecular flexibility index (Phi) is 6.08. The number of amides is 3. The predicted octanol–water partition coefficient (Wildman–Crippen LogP) is 2.75. The highest BCUT2D eigenvalue weighted by atomic mass is 32.1. The van der Waals surface area contributed by atoms with Crippen LogP contribution >= 0.6 is 11.3 Å². The van der Waals surface area contributed by atoms with Gasteiger partial charge in [0.05, 0.1) is 18.2 Å². The third-order valence-corrected chi connectivity index (χ3v) is 5.00. The van der Waals surface area contributed by atoms with Gasteiger partial charge in [-0.25, -0.2) is 4.98 Å². The molecule has 0 aliphatic carbocycles.